The topological polar surface area (TPSA) is 58.2 Å². The number of hydrogen-bond donors (Lipinski definition) is 2. The van der Waals surface area contributed by atoms with Crippen LogP contribution in [0.15, 0.2) is 41.8 Å². The lowest BCUT2D eigenvalue weighted by molar-refractivity contribution is 0.581. The Morgan fingerprint density at radius 3 is 2.75 bits per heavy atom. The molecule has 0 atom stereocenters. The van der Waals surface area contributed by atoms with Gasteiger partial charge in [-0.15, -0.1) is 6.58 Å². The van der Waals surface area contributed by atoms with Crippen LogP contribution >= 0.6 is 11.8 Å². The van der Waals surface area contributed by atoms with Gasteiger partial charge in [0.25, 0.3) is 0 Å². The summed E-state index contributed by atoms with van der Waals surface area (Å²) in [6.45, 7) is 6.77. The van der Waals surface area contributed by atoms with Crippen molar-refractivity contribution in [2.24, 2.45) is 0 Å². The van der Waals surface area contributed by atoms with Crippen molar-refractivity contribution in [3.8, 4) is 0 Å². The maximum Gasteiger partial charge on any atom is 0.242 e. The van der Waals surface area contributed by atoms with Crippen molar-refractivity contribution in [2.45, 2.75) is 18.2 Å². The third kappa shape index (κ3) is 5.56. The van der Waals surface area contributed by atoms with Crippen LogP contribution in [0.1, 0.15) is 13.3 Å². The van der Waals surface area contributed by atoms with Crippen LogP contribution in [0.25, 0.3) is 0 Å². The molecule has 0 radical (unpaired) electrons. The molecule has 1 aromatic rings. The maximum atomic E-state index is 12.2. The van der Waals surface area contributed by atoms with Gasteiger partial charge in [-0.1, -0.05) is 25.1 Å². The largest absolute Gasteiger partial charge is 0.383 e. The van der Waals surface area contributed by atoms with Gasteiger partial charge in [0.1, 0.15) is 4.90 Å². The molecule has 0 aliphatic carbocycles. The monoisotopic (exact) mass is 314 g/mol. The van der Waals surface area contributed by atoms with Crippen LogP contribution in [-0.4, -0.2) is 33.0 Å². The Kier molecular flexibility index (Phi) is 7.72. The smallest absolute Gasteiger partial charge is 0.242 e. The number of anilines is 1. The highest BCUT2D eigenvalue weighted by Gasteiger charge is 2.16. The van der Waals surface area contributed by atoms with Crippen LogP contribution in [0, 0.1) is 0 Å². The fourth-order valence-electron chi connectivity index (χ4n) is 1.59. The van der Waals surface area contributed by atoms with Gasteiger partial charge in [0.05, 0.1) is 5.69 Å². The van der Waals surface area contributed by atoms with Crippen LogP contribution in [0.3, 0.4) is 0 Å². The molecule has 0 aliphatic rings. The highest BCUT2D eigenvalue weighted by Crippen LogP contribution is 2.20. The minimum absolute atomic E-state index is 0.308. The van der Waals surface area contributed by atoms with Gasteiger partial charge in [0.2, 0.25) is 10.0 Å². The van der Waals surface area contributed by atoms with E-state index in [9.17, 15) is 8.42 Å². The van der Waals surface area contributed by atoms with Gasteiger partial charge in [-0.2, -0.15) is 11.8 Å². The Labute approximate surface area is 126 Å². The summed E-state index contributed by atoms with van der Waals surface area (Å²) in [6.07, 6.45) is 2.63. The molecule has 0 amide bonds. The average Bonchev–Trinajstić information content (AvgIpc) is 2.45. The van der Waals surface area contributed by atoms with Crippen LogP contribution in [0.2, 0.25) is 0 Å². The predicted octanol–water partition coefficient (Wildman–Crippen LogP) is 2.71. The predicted molar refractivity (Wildman–Crippen MR) is 87.9 cm³/mol. The SMILES string of the molecule is C=CCSCCNc1ccccc1S(=O)(=O)NCCC. The Hall–Kier alpha value is -0.980. The number of nitrogens with one attached hydrogen (secondary N) is 2. The standard InChI is InChI=1S/C14H22N2O2S2/c1-3-9-16-20(17,18)14-8-6-5-7-13(14)15-10-12-19-11-4-2/h4-8,15-16H,2-3,9-12H2,1H3. The highest BCUT2D eigenvalue weighted by molar-refractivity contribution is 7.99. The molecule has 0 heterocycles. The minimum atomic E-state index is -3.44. The van der Waals surface area contributed by atoms with E-state index < -0.39 is 10.0 Å². The third-order valence-corrected chi connectivity index (χ3v) is 5.00. The van der Waals surface area contributed by atoms with E-state index in [1.165, 1.54) is 0 Å². The maximum absolute atomic E-state index is 12.2. The first-order chi connectivity index (χ1) is 9.61. The van der Waals surface area contributed by atoms with Crippen molar-refractivity contribution < 1.29 is 8.42 Å². The molecule has 0 aromatic heterocycles. The van der Waals surface area contributed by atoms with Crippen molar-refractivity contribution in [2.75, 3.05) is 29.9 Å². The Bertz CT molecular complexity index is 516. The van der Waals surface area contributed by atoms with E-state index in [2.05, 4.69) is 16.6 Å². The normalized spacial score (nSPS) is 11.2. The zero-order chi connectivity index (χ0) is 14.8. The molecular weight excluding hydrogens is 292 g/mol. The lowest BCUT2D eigenvalue weighted by Crippen LogP contribution is -2.25. The molecule has 0 unspecified atom stereocenters. The van der Waals surface area contributed by atoms with E-state index in [-0.39, 0.29) is 0 Å². The molecule has 20 heavy (non-hydrogen) atoms. The molecule has 0 bridgehead atoms. The molecule has 0 aliphatic heterocycles. The molecule has 0 fully saturated rings. The third-order valence-electron chi connectivity index (χ3n) is 2.52. The van der Waals surface area contributed by atoms with Crippen molar-refractivity contribution in [3.05, 3.63) is 36.9 Å². The summed E-state index contributed by atoms with van der Waals surface area (Å²) < 4.78 is 26.9. The second-order valence-corrected chi connectivity index (χ2v) is 7.07. The van der Waals surface area contributed by atoms with E-state index in [0.717, 1.165) is 24.5 Å². The van der Waals surface area contributed by atoms with Gasteiger partial charge in [-0.3, -0.25) is 0 Å². The molecule has 0 saturated carbocycles. The Morgan fingerprint density at radius 2 is 2.05 bits per heavy atom. The molecule has 0 saturated heterocycles. The number of benzene rings is 1. The molecular formula is C14H22N2O2S2. The summed E-state index contributed by atoms with van der Waals surface area (Å²) in [4.78, 5) is 0.308. The van der Waals surface area contributed by atoms with Gasteiger partial charge in [0.15, 0.2) is 0 Å². The minimum Gasteiger partial charge on any atom is -0.383 e. The first kappa shape index (κ1) is 17.1. The summed E-state index contributed by atoms with van der Waals surface area (Å²) in [5.74, 6) is 1.81. The lowest BCUT2D eigenvalue weighted by atomic mass is 10.3. The molecule has 0 spiro atoms. The molecule has 112 valence electrons. The van der Waals surface area contributed by atoms with Crippen molar-refractivity contribution in [1.82, 2.24) is 4.72 Å². The first-order valence-corrected chi connectivity index (χ1v) is 9.26. The molecule has 2 N–H and O–H groups in total. The summed E-state index contributed by atoms with van der Waals surface area (Å²) in [5.41, 5.74) is 0.648. The first-order valence-electron chi connectivity index (χ1n) is 6.63. The Balaban J connectivity index is 2.70. The van der Waals surface area contributed by atoms with Gasteiger partial charge in [0, 0.05) is 24.6 Å². The summed E-state index contributed by atoms with van der Waals surface area (Å²) in [7, 11) is -3.44. The van der Waals surface area contributed by atoms with E-state index in [0.29, 0.717) is 17.1 Å². The van der Waals surface area contributed by atoms with Crippen molar-refractivity contribution in [1.29, 1.82) is 0 Å². The fraction of sp³-hybridized carbons (Fsp3) is 0.429. The fourth-order valence-corrected chi connectivity index (χ4v) is 3.48. The number of thioether (sulfide) groups is 1. The Morgan fingerprint density at radius 1 is 1.30 bits per heavy atom. The second kappa shape index (κ2) is 9.05. The van der Waals surface area contributed by atoms with E-state index in [4.69, 9.17) is 0 Å². The molecule has 4 nitrogen and oxygen atoms in total. The number of para-hydroxylation sites is 1. The average molecular weight is 314 g/mol. The highest BCUT2D eigenvalue weighted by atomic mass is 32.2. The van der Waals surface area contributed by atoms with Gasteiger partial charge < -0.3 is 5.32 Å². The molecule has 6 heteroatoms. The van der Waals surface area contributed by atoms with Crippen LogP contribution in [0.5, 0.6) is 0 Å². The summed E-state index contributed by atoms with van der Waals surface area (Å²) in [6, 6.07) is 6.98. The zero-order valence-electron chi connectivity index (χ0n) is 11.8. The van der Waals surface area contributed by atoms with E-state index in [1.54, 1.807) is 30.0 Å². The molecule has 1 rings (SSSR count). The van der Waals surface area contributed by atoms with Gasteiger partial charge in [-0.25, -0.2) is 13.1 Å². The van der Waals surface area contributed by atoms with Crippen molar-refractivity contribution in [3.63, 3.8) is 0 Å². The van der Waals surface area contributed by atoms with Crippen molar-refractivity contribution >= 4 is 27.5 Å². The summed E-state index contributed by atoms with van der Waals surface area (Å²) in [5, 5.41) is 3.18. The number of rotatable bonds is 10. The van der Waals surface area contributed by atoms with E-state index >= 15 is 0 Å². The molecule has 1 aromatic carbocycles. The second-order valence-electron chi connectivity index (χ2n) is 4.18. The van der Waals surface area contributed by atoms with Crippen LogP contribution in [0.4, 0.5) is 5.69 Å². The van der Waals surface area contributed by atoms with Crippen LogP contribution < -0.4 is 10.0 Å². The summed E-state index contributed by atoms with van der Waals surface area (Å²) >= 11 is 1.75. The zero-order valence-corrected chi connectivity index (χ0v) is 13.4. The van der Waals surface area contributed by atoms with Gasteiger partial charge in [-0.05, 0) is 18.6 Å². The number of hydrogen-bond acceptors (Lipinski definition) is 4. The quantitative estimate of drug-likeness (QED) is 0.515. The van der Waals surface area contributed by atoms with E-state index in [1.807, 2.05) is 19.1 Å². The van der Waals surface area contributed by atoms with Gasteiger partial charge >= 0.3 is 0 Å². The lowest BCUT2D eigenvalue weighted by Gasteiger charge is -2.12. The van der Waals surface area contributed by atoms with Crippen LogP contribution in [-0.2, 0) is 10.0 Å². The number of sulfonamides is 1.